The quantitative estimate of drug-likeness (QED) is 0.552. The summed E-state index contributed by atoms with van der Waals surface area (Å²) in [4.78, 5) is 35.8. The van der Waals surface area contributed by atoms with Crippen LogP contribution in [-0.4, -0.2) is 24.1 Å². The lowest BCUT2D eigenvalue weighted by molar-refractivity contribution is -0.148. The van der Waals surface area contributed by atoms with Gasteiger partial charge in [0.2, 0.25) is 0 Å². The van der Waals surface area contributed by atoms with Crippen molar-refractivity contribution in [2.45, 2.75) is 65.7 Å². The molecule has 2 fully saturated rings. The summed E-state index contributed by atoms with van der Waals surface area (Å²) < 4.78 is 5.00. The van der Waals surface area contributed by atoms with Crippen molar-refractivity contribution < 1.29 is 19.1 Å². The van der Waals surface area contributed by atoms with Crippen LogP contribution in [-0.2, 0) is 19.1 Å². The molecule has 146 valence electrons. The zero-order chi connectivity index (χ0) is 19.4. The Morgan fingerprint density at radius 3 is 2.67 bits per heavy atom. The highest BCUT2D eigenvalue weighted by Crippen LogP contribution is 2.65. The number of ether oxygens (including phenoxy) is 1. The van der Waals surface area contributed by atoms with E-state index in [2.05, 4.69) is 19.9 Å². The molecule has 4 aliphatic carbocycles. The number of allylic oxidation sites excluding steroid dienone is 4. The molecule has 0 aromatic heterocycles. The molecule has 0 amide bonds. The van der Waals surface area contributed by atoms with Gasteiger partial charge in [-0.2, -0.15) is 0 Å². The first-order valence-corrected chi connectivity index (χ1v) is 10.4. The minimum atomic E-state index is -0.388. The number of rotatable bonds is 3. The molecule has 0 aliphatic heterocycles. The smallest absolute Gasteiger partial charge is 0.303 e. The van der Waals surface area contributed by atoms with E-state index in [-0.39, 0.29) is 40.9 Å². The second-order valence-corrected chi connectivity index (χ2v) is 9.49. The monoisotopic (exact) mass is 370 g/mol. The summed E-state index contributed by atoms with van der Waals surface area (Å²) in [6.45, 7) is 5.89. The largest absolute Gasteiger partial charge is 0.458 e. The Kier molecular flexibility index (Phi) is 4.44. The van der Waals surface area contributed by atoms with Crippen LogP contribution in [0.2, 0.25) is 0 Å². The average Bonchev–Trinajstić information content (AvgIpc) is 2.97. The lowest BCUT2D eigenvalue weighted by Crippen LogP contribution is -2.46. The highest BCUT2D eigenvalue weighted by Gasteiger charge is 2.57. The van der Waals surface area contributed by atoms with Crippen LogP contribution >= 0.6 is 0 Å². The summed E-state index contributed by atoms with van der Waals surface area (Å²) in [7, 11) is 0. The van der Waals surface area contributed by atoms with Crippen LogP contribution in [0.25, 0.3) is 0 Å². The first-order valence-electron chi connectivity index (χ1n) is 10.4. The van der Waals surface area contributed by atoms with Crippen LogP contribution in [0.3, 0.4) is 0 Å². The number of hydrogen-bond acceptors (Lipinski definition) is 4. The Balaban J connectivity index is 1.60. The maximum atomic E-state index is 12.8. The first-order chi connectivity index (χ1) is 12.8. The Bertz CT molecular complexity index is 760. The lowest BCUT2D eigenvalue weighted by atomic mass is 9.50. The number of carbonyl (C=O) groups is 3. The van der Waals surface area contributed by atoms with Crippen LogP contribution in [0.4, 0.5) is 0 Å². The first kappa shape index (κ1) is 18.6. The number of Topliss-reactive ketones (excluding diaryl/α,β-unsaturated/α-hetero) is 1. The molecule has 5 atom stereocenters. The van der Waals surface area contributed by atoms with Crippen molar-refractivity contribution in [3.05, 3.63) is 23.3 Å². The summed E-state index contributed by atoms with van der Waals surface area (Å²) >= 11 is 0. The van der Waals surface area contributed by atoms with Gasteiger partial charge in [0.25, 0.3) is 0 Å². The van der Waals surface area contributed by atoms with Crippen molar-refractivity contribution in [2.75, 3.05) is 6.61 Å². The predicted molar refractivity (Wildman–Crippen MR) is 102 cm³/mol. The number of hydrogen-bond donors (Lipinski definition) is 0. The van der Waals surface area contributed by atoms with E-state index in [1.807, 2.05) is 6.08 Å². The molecule has 4 nitrogen and oxygen atoms in total. The fourth-order valence-corrected chi connectivity index (χ4v) is 6.66. The summed E-state index contributed by atoms with van der Waals surface area (Å²) in [5.41, 5.74) is 2.94. The molecule has 0 spiro atoms. The Hall–Kier alpha value is -1.71. The molecule has 0 saturated heterocycles. The van der Waals surface area contributed by atoms with E-state index >= 15 is 0 Å². The topological polar surface area (TPSA) is 60.4 Å². The fourth-order valence-electron chi connectivity index (χ4n) is 6.66. The summed E-state index contributed by atoms with van der Waals surface area (Å²) in [6, 6.07) is 0. The molecule has 0 N–H and O–H groups in total. The summed E-state index contributed by atoms with van der Waals surface area (Å²) in [6.07, 6.45) is 10.8. The minimum Gasteiger partial charge on any atom is -0.458 e. The third-order valence-corrected chi connectivity index (χ3v) is 8.21. The third kappa shape index (κ3) is 2.83. The molecule has 0 heterocycles. The van der Waals surface area contributed by atoms with Crippen molar-refractivity contribution in [3.63, 3.8) is 0 Å². The molecular weight excluding hydrogens is 340 g/mol. The van der Waals surface area contributed by atoms with Crippen molar-refractivity contribution in [1.82, 2.24) is 0 Å². The Morgan fingerprint density at radius 1 is 1.15 bits per heavy atom. The maximum Gasteiger partial charge on any atom is 0.303 e. The normalized spacial score (nSPS) is 40.3. The molecule has 4 heteroatoms. The molecule has 2 saturated carbocycles. The third-order valence-electron chi connectivity index (χ3n) is 8.21. The van der Waals surface area contributed by atoms with E-state index < -0.39 is 0 Å². The average molecular weight is 370 g/mol. The van der Waals surface area contributed by atoms with Crippen LogP contribution in [0, 0.1) is 28.6 Å². The van der Waals surface area contributed by atoms with Gasteiger partial charge in [-0.1, -0.05) is 31.1 Å². The number of carbonyl (C=O) groups excluding carboxylic acids is 3. The van der Waals surface area contributed by atoms with Gasteiger partial charge in [-0.3, -0.25) is 14.4 Å². The van der Waals surface area contributed by atoms with E-state index in [4.69, 9.17) is 4.74 Å². The molecule has 4 rings (SSSR count). The van der Waals surface area contributed by atoms with Crippen LogP contribution in [0.15, 0.2) is 23.3 Å². The zero-order valence-electron chi connectivity index (χ0n) is 16.7. The number of ketones is 2. The standard InChI is InChI=1S/C23H30O4/c1-14(24)27-13-21(26)20-7-6-18-17-5-4-15-12-16(25)8-10-22(15,2)19(17)9-11-23(18,20)3/h5,12,18-20H,4,6-11,13H2,1-3H3/t18-,19-,20+,22-,23-/m0/s1. The van der Waals surface area contributed by atoms with Crippen molar-refractivity contribution in [1.29, 1.82) is 0 Å². The number of esters is 1. The van der Waals surface area contributed by atoms with Gasteiger partial charge >= 0.3 is 5.97 Å². The van der Waals surface area contributed by atoms with E-state index in [0.717, 1.165) is 38.5 Å². The van der Waals surface area contributed by atoms with Crippen LogP contribution in [0.5, 0.6) is 0 Å². The minimum absolute atomic E-state index is 0.0126. The van der Waals surface area contributed by atoms with Gasteiger partial charge < -0.3 is 4.74 Å². The molecule has 0 bridgehead atoms. The zero-order valence-corrected chi connectivity index (χ0v) is 16.7. The van der Waals surface area contributed by atoms with Gasteiger partial charge in [0.1, 0.15) is 6.61 Å². The molecule has 0 radical (unpaired) electrons. The van der Waals surface area contributed by atoms with Gasteiger partial charge in [0.15, 0.2) is 11.6 Å². The Morgan fingerprint density at radius 2 is 1.93 bits per heavy atom. The highest BCUT2D eigenvalue weighted by atomic mass is 16.5. The van der Waals surface area contributed by atoms with E-state index in [0.29, 0.717) is 18.3 Å². The second kappa shape index (κ2) is 6.42. The van der Waals surface area contributed by atoms with Gasteiger partial charge in [-0.15, -0.1) is 0 Å². The summed E-state index contributed by atoms with van der Waals surface area (Å²) in [5.74, 6) is 0.906. The second-order valence-electron chi connectivity index (χ2n) is 9.49. The number of fused-ring (bicyclic) bond motifs is 5. The SMILES string of the molecule is CC(=O)OCC(=O)[C@H]1CC[C@H]2C3=CCC4=CC(=O)CC[C@]4(C)[C@H]3CC[C@]12C. The van der Waals surface area contributed by atoms with Crippen LogP contribution < -0.4 is 0 Å². The van der Waals surface area contributed by atoms with Gasteiger partial charge in [-0.05, 0) is 67.3 Å². The van der Waals surface area contributed by atoms with Crippen LogP contribution in [0.1, 0.15) is 65.7 Å². The summed E-state index contributed by atoms with van der Waals surface area (Å²) in [5, 5.41) is 0. The van der Waals surface area contributed by atoms with E-state index in [1.165, 1.54) is 12.5 Å². The molecular formula is C23H30O4. The molecule has 0 aromatic rings. The van der Waals surface area contributed by atoms with Gasteiger partial charge in [-0.25, -0.2) is 0 Å². The lowest BCUT2D eigenvalue weighted by Gasteiger charge is -2.54. The Labute approximate surface area is 161 Å². The van der Waals surface area contributed by atoms with E-state index in [1.54, 1.807) is 5.57 Å². The molecule has 0 aromatic carbocycles. The molecule has 0 unspecified atom stereocenters. The van der Waals surface area contributed by atoms with Gasteiger partial charge in [0, 0.05) is 19.3 Å². The van der Waals surface area contributed by atoms with Gasteiger partial charge in [0.05, 0.1) is 0 Å². The van der Waals surface area contributed by atoms with Crippen molar-refractivity contribution in [2.24, 2.45) is 28.6 Å². The van der Waals surface area contributed by atoms with Crippen molar-refractivity contribution in [3.8, 4) is 0 Å². The fraction of sp³-hybridized carbons (Fsp3) is 0.696. The van der Waals surface area contributed by atoms with Crippen molar-refractivity contribution >= 4 is 17.5 Å². The van der Waals surface area contributed by atoms with E-state index in [9.17, 15) is 14.4 Å². The highest BCUT2D eigenvalue weighted by molar-refractivity contribution is 5.91. The predicted octanol–water partition coefficient (Wildman–Crippen LogP) is 4.19. The maximum absolute atomic E-state index is 12.8. The molecule has 27 heavy (non-hydrogen) atoms. The molecule has 4 aliphatic rings.